The average Bonchev–Trinajstić information content (AvgIpc) is 2.86. The summed E-state index contributed by atoms with van der Waals surface area (Å²) in [5, 5.41) is 22.7. The van der Waals surface area contributed by atoms with Crippen LogP contribution in [0.2, 0.25) is 0 Å². The zero-order valence-corrected chi connectivity index (χ0v) is 20.8. The number of ether oxygens (including phenoxy) is 1. The third-order valence-electron chi connectivity index (χ3n) is 7.60. The molecule has 5 rings (SSSR count). The number of alkyl halides is 1. The lowest BCUT2D eigenvalue weighted by molar-refractivity contribution is 0.00193. The van der Waals surface area contributed by atoms with Crippen molar-refractivity contribution in [2.24, 2.45) is 0 Å². The smallest absolute Gasteiger partial charge is 0.250 e. The van der Waals surface area contributed by atoms with Gasteiger partial charge >= 0.3 is 0 Å². The van der Waals surface area contributed by atoms with Crippen LogP contribution in [0.1, 0.15) is 39.5 Å². The van der Waals surface area contributed by atoms with Gasteiger partial charge in [0.15, 0.2) is 17.5 Å². The molecule has 4 atom stereocenters. The van der Waals surface area contributed by atoms with Crippen LogP contribution >= 0.6 is 0 Å². The number of phenols is 1. The van der Waals surface area contributed by atoms with Crippen molar-refractivity contribution in [2.75, 3.05) is 19.1 Å². The molecule has 0 amide bonds. The summed E-state index contributed by atoms with van der Waals surface area (Å²) in [6, 6.07) is 5.78. The predicted octanol–water partition coefficient (Wildman–Crippen LogP) is 4.29. The van der Waals surface area contributed by atoms with E-state index in [-0.39, 0.29) is 29.0 Å². The molecule has 190 valence electrons. The molecule has 0 saturated carbocycles. The van der Waals surface area contributed by atoms with Crippen LogP contribution in [-0.2, 0) is 0 Å². The van der Waals surface area contributed by atoms with E-state index in [2.05, 4.69) is 32.4 Å². The number of hydrogen-bond acceptors (Lipinski definition) is 8. The molecule has 8 nitrogen and oxygen atoms in total. The van der Waals surface area contributed by atoms with Crippen molar-refractivity contribution in [3.05, 3.63) is 42.5 Å². The van der Waals surface area contributed by atoms with Crippen LogP contribution in [0.15, 0.2) is 36.7 Å². The van der Waals surface area contributed by atoms with E-state index in [9.17, 15) is 9.50 Å². The minimum Gasteiger partial charge on any atom is -0.507 e. The summed E-state index contributed by atoms with van der Waals surface area (Å²) in [4.78, 5) is 10.2. The minimum atomic E-state index is -1.06. The predicted molar refractivity (Wildman–Crippen MR) is 132 cm³/mol. The molecule has 2 aromatic heterocycles. The maximum Gasteiger partial charge on any atom is 0.250 e. The minimum absolute atomic E-state index is 0.0810. The Morgan fingerprint density at radius 3 is 2.58 bits per heavy atom. The summed E-state index contributed by atoms with van der Waals surface area (Å²) in [6.07, 6.45) is 5.43. The highest BCUT2D eigenvalue weighted by Gasteiger charge is 2.53. The molecule has 3 aromatic rings. The maximum atomic E-state index is 15.6. The molecule has 0 spiro atoms. The molecular weight excluding hydrogens is 466 g/mol. The lowest BCUT2D eigenvalue weighted by Gasteiger charge is -2.56. The molecule has 4 heterocycles. The van der Waals surface area contributed by atoms with Gasteiger partial charge in [-0.2, -0.15) is 0 Å². The fraction of sp³-hybridized carbons (Fsp3) is 0.462. The van der Waals surface area contributed by atoms with E-state index >= 15 is 4.39 Å². The van der Waals surface area contributed by atoms with Gasteiger partial charge in [-0.15, -0.1) is 10.2 Å². The highest BCUT2D eigenvalue weighted by Crippen LogP contribution is 2.43. The van der Waals surface area contributed by atoms with Gasteiger partial charge in [0.05, 0.1) is 24.9 Å². The summed E-state index contributed by atoms with van der Waals surface area (Å²) in [6.45, 7) is 4.12. The Kier molecular flexibility index (Phi) is 6.02. The molecular formula is C26H30F2N6O2. The van der Waals surface area contributed by atoms with Crippen LogP contribution in [-0.4, -0.2) is 62.7 Å². The molecule has 2 aliphatic rings. The van der Waals surface area contributed by atoms with Gasteiger partial charge in [-0.1, -0.05) is 6.07 Å². The second-order valence-electron chi connectivity index (χ2n) is 10.3. The molecule has 2 aliphatic heterocycles. The highest BCUT2D eigenvalue weighted by molar-refractivity contribution is 5.72. The second kappa shape index (κ2) is 8.92. The van der Waals surface area contributed by atoms with Crippen molar-refractivity contribution in [1.82, 2.24) is 25.5 Å². The van der Waals surface area contributed by atoms with Crippen molar-refractivity contribution in [1.29, 1.82) is 0 Å². The number of nitrogens with zero attached hydrogens (tertiary/aromatic N) is 5. The van der Waals surface area contributed by atoms with Crippen LogP contribution in [0.5, 0.6) is 11.6 Å². The first-order valence-corrected chi connectivity index (χ1v) is 12.0. The van der Waals surface area contributed by atoms with Gasteiger partial charge in [0, 0.05) is 29.9 Å². The topological polar surface area (TPSA) is 96.3 Å². The number of piperidine rings is 2. The van der Waals surface area contributed by atoms with E-state index < -0.39 is 17.5 Å². The van der Waals surface area contributed by atoms with E-state index in [1.807, 2.05) is 18.9 Å². The Morgan fingerprint density at radius 2 is 1.92 bits per heavy atom. The first kappa shape index (κ1) is 24.3. The molecule has 2 fully saturated rings. The molecule has 0 aliphatic carbocycles. The summed E-state index contributed by atoms with van der Waals surface area (Å²) in [5.74, 6) is -0.0779. The first-order valence-electron chi connectivity index (χ1n) is 12.0. The van der Waals surface area contributed by atoms with E-state index in [1.54, 1.807) is 18.3 Å². The highest BCUT2D eigenvalue weighted by atomic mass is 19.1. The first-order chi connectivity index (χ1) is 17.1. The van der Waals surface area contributed by atoms with Gasteiger partial charge in [0.2, 0.25) is 5.88 Å². The quantitative estimate of drug-likeness (QED) is 0.540. The van der Waals surface area contributed by atoms with Crippen LogP contribution < -0.4 is 15.0 Å². The average molecular weight is 497 g/mol. The lowest BCUT2D eigenvalue weighted by atomic mass is 9.68. The van der Waals surface area contributed by atoms with Crippen molar-refractivity contribution < 1.29 is 18.6 Å². The van der Waals surface area contributed by atoms with Gasteiger partial charge < -0.3 is 20.1 Å². The Morgan fingerprint density at radius 1 is 1.11 bits per heavy atom. The summed E-state index contributed by atoms with van der Waals surface area (Å²) in [7, 11) is 3.17. The molecule has 10 heteroatoms. The Balaban J connectivity index is 1.36. The molecule has 0 unspecified atom stereocenters. The number of benzene rings is 1. The molecule has 36 heavy (non-hydrogen) atoms. The van der Waals surface area contributed by atoms with Crippen molar-refractivity contribution in [2.45, 2.75) is 62.8 Å². The number of nitrogens with one attached hydrogen (secondary N) is 1. The summed E-state index contributed by atoms with van der Waals surface area (Å²) >= 11 is 0. The van der Waals surface area contributed by atoms with E-state index in [4.69, 9.17) is 4.74 Å². The van der Waals surface area contributed by atoms with Gasteiger partial charge in [-0.05, 0) is 63.3 Å². The second-order valence-corrected chi connectivity index (χ2v) is 10.3. The molecule has 2 saturated heterocycles. The maximum absolute atomic E-state index is 15.6. The van der Waals surface area contributed by atoms with Crippen molar-refractivity contribution in [3.8, 4) is 34.1 Å². The Hall–Kier alpha value is -3.40. The molecule has 0 radical (unpaired) electrons. The Labute approximate surface area is 208 Å². The van der Waals surface area contributed by atoms with Crippen LogP contribution in [0.3, 0.4) is 0 Å². The third kappa shape index (κ3) is 4.23. The number of fused-ring (bicyclic) bond motifs is 2. The van der Waals surface area contributed by atoms with Crippen LogP contribution in [0.4, 0.5) is 14.6 Å². The van der Waals surface area contributed by atoms with E-state index in [1.165, 1.54) is 25.4 Å². The third-order valence-corrected chi connectivity index (χ3v) is 7.60. The molecule has 1 aromatic carbocycles. The van der Waals surface area contributed by atoms with Crippen LogP contribution in [0, 0.1) is 5.82 Å². The van der Waals surface area contributed by atoms with Crippen molar-refractivity contribution >= 4 is 5.82 Å². The van der Waals surface area contributed by atoms with Crippen molar-refractivity contribution in [3.63, 3.8) is 0 Å². The SMILES string of the molecule is COc1ncc(-c2ccc(-c3ncc(N(C)[C@@H]4C[C@@]5(C)CCC[C@](C)(N5)[C@@H]4F)nn3)c(O)c2)cc1F. The van der Waals surface area contributed by atoms with Gasteiger partial charge in [0.25, 0.3) is 0 Å². The number of rotatable bonds is 5. The summed E-state index contributed by atoms with van der Waals surface area (Å²) < 4.78 is 34.5. The van der Waals surface area contributed by atoms with Gasteiger partial charge in [-0.3, -0.25) is 0 Å². The zero-order chi connectivity index (χ0) is 25.7. The molecule has 2 N–H and O–H groups in total. The number of aromatic hydroxyl groups is 1. The number of halogens is 2. The van der Waals surface area contributed by atoms with Gasteiger partial charge in [0.1, 0.15) is 11.9 Å². The number of phenolic OH excluding ortho intramolecular Hbond substituents is 1. The largest absolute Gasteiger partial charge is 0.507 e. The number of pyridine rings is 1. The molecule has 2 bridgehead atoms. The summed E-state index contributed by atoms with van der Waals surface area (Å²) in [5.41, 5.74) is 0.747. The number of anilines is 1. The monoisotopic (exact) mass is 496 g/mol. The fourth-order valence-electron chi connectivity index (χ4n) is 5.70. The fourth-order valence-corrected chi connectivity index (χ4v) is 5.70. The Bertz CT molecular complexity index is 1280. The van der Waals surface area contributed by atoms with Crippen LogP contribution in [0.25, 0.3) is 22.5 Å². The zero-order valence-electron chi connectivity index (χ0n) is 20.8. The van der Waals surface area contributed by atoms with Gasteiger partial charge in [-0.25, -0.2) is 18.7 Å². The van der Waals surface area contributed by atoms with E-state index in [0.29, 0.717) is 28.9 Å². The van der Waals surface area contributed by atoms with E-state index in [0.717, 1.165) is 19.3 Å². The normalized spacial score (nSPS) is 27.5. The lowest BCUT2D eigenvalue weighted by Crippen LogP contribution is -2.72. The number of aromatic nitrogens is 4. The number of hydrogen-bond donors (Lipinski definition) is 2. The standard InChI is InChI=1S/C26H30F2N6O2/c1-25-8-5-9-26(2,33-25)22(28)19(12-25)34(3)21-14-29-23(32-31-21)17-7-6-15(11-20(17)35)16-10-18(27)24(36-4)30-13-16/h6-7,10-11,13-14,19,22,33,35H,5,8-9,12H2,1-4H3/t19-,22-,25-,26+/m1/s1. The number of methoxy groups -OCH3 is 1.